The van der Waals surface area contributed by atoms with Crippen LogP contribution in [0.25, 0.3) is 0 Å². The van der Waals surface area contributed by atoms with Crippen LogP contribution in [0.4, 0.5) is 0 Å². The van der Waals surface area contributed by atoms with Crippen LogP contribution in [-0.2, 0) is 90.5 Å². The van der Waals surface area contributed by atoms with Gasteiger partial charge < -0.3 is 52.1 Å². The lowest BCUT2D eigenvalue weighted by Crippen LogP contribution is -2.48. The van der Waals surface area contributed by atoms with Crippen LogP contribution in [0.3, 0.4) is 0 Å². The number of hydrogen-bond acceptors (Lipinski definition) is 19. The van der Waals surface area contributed by atoms with Crippen molar-refractivity contribution in [1.82, 2.24) is 0 Å². The molecule has 350 valence electrons. The number of ether oxygens (including phenoxy) is 11. The molecule has 19 nitrogen and oxygen atoms in total. The summed E-state index contributed by atoms with van der Waals surface area (Å²) in [4.78, 5) is 94.3. The summed E-state index contributed by atoms with van der Waals surface area (Å²) in [7, 11) is 0. The molecule has 0 aromatic carbocycles. The van der Waals surface area contributed by atoms with Crippen LogP contribution >= 0.6 is 0 Å². The van der Waals surface area contributed by atoms with Gasteiger partial charge >= 0.3 is 41.8 Å². The van der Waals surface area contributed by atoms with Crippen LogP contribution in [0.15, 0.2) is 97.2 Å². The number of ketones is 1. The van der Waals surface area contributed by atoms with E-state index in [9.17, 15) is 38.4 Å². The minimum atomic E-state index is -1.75. The van der Waals surface area contributed by atoms with Gasteiger partial charge in [-0.3, -0.25) is 4.79 Å². The molecular weight excluding hydrogens is 832 g/mol. The quantitative estimate of drug-likeness (QED) is 0.0312. The number of carbonyl (C=O) groups is 8. The number of allylic oxidation sites excluding steroid dienone is 1. The summed E-state index contributed by atoms with van der Waals surface area (Å²) in [6, 6.07) is 0. The second-order valence-electron chi connectivity index (χ2n) is 14.1. The third kappa shape index (κ3) is 25.9. The summed E-state index contributed by atoms with van der Waals surface area (Å²) < 4.78 is 57.0. The van der Waals surface area contributed by atoms with Crippen LogP contribution in [0, 0.1) is 0 Å². The molecule has 0 aliphatic rings. The fourth-order valence-electron chi connectivity index (χ4n) is 3.53. The smallest absolute Gasteiger partial charge is 0.335 e. The molecule has 0 fully saturated rings. The lowest BCUT2D eigenvalue weighted by molar-refractivity contribution is -0.233. The minimum absolute atomic E-state index is 0.0552. The van der Waals surface area contributed by atoms with Gasteiger partial charge in [-0.05, 0) is 61.0 Å². The van der Waals surface area contributed by atoms with Gasteiger partial charge in [0.1, 0.15) is 18.8 Å². The Kier molecular flexibility index (Phi) is 27.9. The van der Waals surface area contributed by atoms with Crippen molar-refractivity contribution in [2.24, 2.45) is 0 Å². The van der Waals surface area contributed by atoms with Crippen molar-refractivity contribution in [2.75, 3.05) is 60.2 Å². The number of rotatable bonds is 30. The first kappa shape index (κ1) is 58.8. The van der Waals surface area contributed by atoms with E-state index in [-0.39, 0.29) is 64.4 Å². The Hall–Kier alpha value is -6.28. The fraction of sp³-hybridized carbons (Fsp3) is 0.455. The molecule has 0 N–H and O–H groups in total. The highest BCUT2D eigenvalue weighted by molar-refractivity contribution is 5.96. The number of esters is 7. The standard InChI is InChI=1S/C24H34O12.C20H26O7/c1-16(2)20(25)32-12-29-9-24(36-15-35-23(28)19(7)8,10-30-13-33-21(26)17(3)4)11-31-14-34-22(27)18(5)6;1-12(2)16(21)9-20(27-19(24)15(7)8,10-25-17(22)13(3)4)11-26-18(23)14(5)6/h1,3,5,7,9-15H2,2,4,6,8H3;1,3,5,7,9-11H2,2,4,6,8H3. The number of Topliss-reactive ketones (excluding diaryl/α,β-unsaturated/α-hetero) is 1. The van der Waals surface area contributed by atoms with E-state index in [1.807, 2.05) is 0 Å². The summed E-state index contributed by atoms with van der Waals surface area (Å²) in [5, 5.41) is 0. The summed E-state index contributed by atoms with van der Waals surface area (Å²) in [6.07, 6.45) is -0.408. The Balaban J connectivity index is 0. The fourth-order valence-corrected chi connectivity index (χ4v) is 3.53. The lowest BCUT2D eigenvalue weighted by Gasteiger charge is -2.32. The van der Waals surface area contributed by atoms with Gasteiger partial charge in [0.25, 0.3) is 0 Å². The highest BCUT2D eigenvalue weighted by Crippen LogP contribution is 2.23. The third-order valence-corrected chi connectivity index (χ3v) is 7.11. The molecule has 63 heavy (non-hydrogen) atoms. The topological polar surface area (TPSA) is 238 Å². The van der Waals surface area contributed by atoms with E-state index in [1.54, 1.807) is 0 Å². The third-order valence-electron chi connectivity index (χ3n) is 7.11. The van der Waals surface area contributed by atoms with Crippen molar-refractivity contribution in [3.05, 3.63) is 97.2 Å². The van der Waals surface area contributed by atoms with Crippen LogP contribution in [0.1, 0.15) is 61.8 Å². The van der Waals surface area contributed by atoms with E-state index < -0.39 is 106 Å². The largest absolute Gasteiger partial charge is 0.458 e. The molecule has 0 spiro atoms. The van der Waals surface area contributed by atoms with Crippen LogP contribution in [0.2, 0.25) is 0 Å². The Labute approximate surface area is 367 Å². The molecule has 0 aliphatic carbocycles. The molecule has 0 aromatic heterocycles. The molecule has 0 rings (SSSR count). The van der Waals surface area contributed by atoms with Gasteiger partial charge in [0.15, 0.2) is 38.6 Å². The van der Waals surface area contributed by atoms with Gasteiger partial charge in [-0.2, -0.15) is 0 Å². The maximum absolute atomic E-state index is 12.2. The first-order valence-corrected chi connectivity index (χ1v) is 18.5. The minimum Gasteiger partial charge on any atom is -0.458 e. The molecule has 0 atom stereocenters. The summed E-state index contributed by atoms with van der Waals surface area (Å²) >= 11 is 0. The van der Waals surface area contributed by atoms with Gasteiger partial charge in [-0.15, -0.1) is 0 Å². The van der Waals surface area contributed by atoms with Crippen molar-refractivity contribution in [1.29, 1.82) is 0 Å². The Bertz CT molecular complexity index is 1650. The second kappa shape index (κ2) is 29.9. The van der Waals surface area contributed by atoms with E-state index in [4.69, 9.17) is 52.1 Å². The molecule has 0 radical (unpaired) electrons. The van der Waals surface area contributed by atoms with Crippen LogP contribution in [-0.4, -0.2) is 119 Å². The molecule has 0 aromatic rings. The van der Waals surface area contributed by atoms with Crippen molar-refractivity contribution in [3.8, 4) is 0 Å². The Morgan fingerprint density at radius 1 is 0.333 bits per heavy atom. The molecule has 0 bridgehead atoms. The monoisotopic (exact) mass is 892 g/mol. The summed E-state index contributed by atoms with van der Waals surface area (Å²) in [5.41, 5.74) is -2.14. The highest BCUT2D eigenvalue weighted by atomic mass is 16.7. The van der Waals surface area contributed by atoms with Crippen molar-refractivity contribution in [2.45, 2.75) is 73.0 Å². The molecule has 0 aliphatic heterocycles. The zero-order valence-corrected chi connectivity index (χ0v) is 37.5. The van der Waals surface area contributed by atoms with E-state index in [0.717, 1.165) is 0 Å². The normalized spacial score (nSPS) is 10.5. The van der Waals surface area contributed by atoms with Crippen molar-refractivity contribution in [3.63, 3.8) is 0 Å². The van der Waals surface area contributed by atoms with Crippen LogP contribution in [0.5, 0.6) is 0 Å². The second-order valence-corrected chi connectivity index (χ2v) is 14.1. The van der Waals surface area contributed by atoms with Crippen molar-refractivity contribution >= 4 is 47.6 Å². The van der Waals surface area contributed by atoms with Gasteiger partial charge in [0.2, 0.25) is 0 Å². The molecule has 0 saturated heterocycles. The molecule has 19 heteroatoms. The zero-order valence-electron chi connectivity index (χ0n) is 37.5. The molecule has 0 unspecified atom stereocenters. The summed E-state index contributed by atoms with van der Waals surface area (Å²) in [5.74, 6) is -5.54. The van der Waals surface area contributed by atoms with Gasteiger partial charge in [-0.25, -0.2) is 33.6 Å². The predicted octanol–water partition coefficient (Wildman–Crippen LogP) is 4.72. The first-order valence-electron chi connectivity index (χ1n) is 18.5. The number of hydrogen-bond donors (Lipinski definition) is 0. The molecule has 0 saturated carbocycles. The SMILES string of the molecule is C=C(C)C(=O)CC(COC(=O)C(=C)C)(COC(=O)C(=C)C)OC(=O)C(=C)C.C=C(C)C(=O)OCOCC(COCOC(=O)C(=C)C)(COCOC(=O)C(=C)C)OCOC(=O)C(=C)C. The average Bonchev–Trinajstić information content (AvgIpc) is 3.20. The van der Waals surface area contributed by atoms with Gasteiger partial charge in [0, 0.05) is 39.0 Å². The van der Waals surface area contributed by atoms with E-state index in [1.165, 1.54) is 55.4 Å². The van der Waals surface area contributed by atoms with Gasteiger partial charge in [0.05, 0.1) is 26.2 Å². The van der Waals surface area contributed by atoms with E-state index >= 15 is 0 Å². The zero-order chi connectivity index (χ0) is 49.1. The Morgan fingerprint density at radius 2 is 0.603 bits per heavy atom. The molecule has 0 heterocycles. The maximum Gasteiger partial charge on any atom is 0.335 e. The van der Waals surface area contributed by atoms with E-state index in [2.05, 4.69) is 52.6 Å². The first-order chi connectivity index (χ1) is 29.1. The van der Waals surface area contributed by atoms with Gasteiger partial charge in [-0.1, -0.05) is 52.6 Å². The maximum atomic E-state index is 12.2. The average molecular weight is 893 g/mol. The van der Waals surface area contributed by atoms with Crippen LogP contribution < -0.4 is 0 Å². The van der Waals surface area contributed by atoms with Crippen molar-refractivity contribution < 1.29 is 90.5 Å². The lowest BCUT2D eigenvalue weighted by atomic mass is 9.95. The molecular formula is C44H60O19. The predicted molar refractivity (Wildman–Crippen MR) is 224 cm³/mol. The highest BCUT2D eigenvalue weighted by Gasteiger charge is 2.41. The molecule has 0 amide bonds. The number of carbonyl (C=O) groups excluding carboxylic acids is 8. The Morgan fingerprint density at radius 3 is 0.873 bits per heavy atom. The van der Waals surface area contributed by atoms with E-state index in [0.29, 0.717) is 0 Å². The summed E-state index contributed by atoms with van der Waals surface area (Å²) in [6.45, 7) is 35.4.